The molecule has 1 amide bonds. The van der Waals surface area contributed by atoms with Crippen LogP contribution in [0.4, 0.5) is 0 Å². The number of aryl methyl sites for hydroxylation is 1. The number of esters is 1. The van der Waals surface area contributed by atoms with Gasteiger partial charge in [-0.05, 0) is 48.6 Å². The fourth-order valence-corrected chi connectivity index (χ4v) is 3.05. The maximum Gasteiger partial charge on any atom is 0.349 e. The van der Waals surface area contributed by atoms with E-state index in [2.05, 4.69) is 5.32 Å². The number of ether oxygens (including phenoxy) is 1. The molecule has 2 rings (SSSR count). The second-order valence-electron chi connectivity index (χ2n) is 4.97. The summed E-state index contributed by atoms with van der Waals surface area (Å²) in [6.07, 6.45) is 0. The average molecular weight is 372 g/mol. The SMILES string of the molecule is Cc1ccsc1C(=O)OCC(=O)N[C@H](C)c1ccc(Cl)c(Cl)c1. The topological polar surface area (TPSA) is 55.4 Å². The minimum absolute atomic E-state index is 0.278. The van der Waals surface area contributed by atoms with Crippen molar-refractivity contribution in [2.75, 3.05) is 6.61 Å². The Labute approximate surface area is 148 Å². The summed E-state index contributed by atoms with van der Waals surface area (Å²) in [5.74, 6) is -0.874. The molecule has 1 aromatic heterocycles. The van der Waals surface area contributed by atoms with Gasteiger partial charge in [0.05, 0.1) is 16.1 Å². The van der Waals surface area contributed by atoms with Crippen molar-refractivity contribution in [2.45, 2.75) is 19.9 Å². The number of halogens is 2. The molecule has 1 heterocycles. The summed E-state index contributed by atoms with van der Waals surface area (Å²) in [6, 6.07) is 6.69. The molecule has 0 aliphatic carbocycles. The molecule has 0 spiro atoms. The fourth-order valence-electron chi connectivity index (χ4n) is 1.93. The Morgan fingerprint density at radius 3 is 2.61 bits per heavy atom. The summed E-state index contributed by atoms with van der Waals surface area (Å²) in [5.41, 5.74) is 1.65. The van der Waals surface area contributed by atoms with Gasteiger partial charge in [-0.25, -0.2) is 4.79 Å². The van der Waals surface area contributed by atoms with Crippen molar-refractivity contribution in [1.29, 1.82) is 0 Å². The van der Waals surface area contributed by atoms with Crippen LogP contribution < -0.4 is 5.32 Å². The van der Waals surface area contributed by atoms with E-state index in [0.29, 0.717) is 14.9 Å². The van der Waals surface area contributed by atoms with Gasteiger partial charge in [-0.3, -0.25) is 4.79 Å². The third-order valence-electron chi connectivity index (χ3n) is 3.20. The van der Waals surface area contributed by atoms with Crippen LogP contribution in [0.25, 0.3) is 0 Å². The fraction of sp³-hybridized carbons (Fsp3) is 0.250. The van der Waals surface area contributed by atoms with E-state index in [0.717, 1.165) is 11.1 Å². The van der Waals surface area contributed by atoms with Crippen LogP contribution in [0.5, 0.6) is 0 Å². The number of hydrogen-bond acceptors (Lipinski definition) is 4. The molecule has 0 unspecified atom stereocenters. The van der Waals surface area contributed by atoms with Crippen molar-refractivity contribution in [1.82, 2.24) is 5.32 Å². The number of rotatable bonds is 5. The molecule has 0 bridgehead atoms. The third kappa shape index (κ3) is 4.70. The first-order valence-corrected chi connectivity index (χ1v) is 8.47. The average Bonchev–Trinajstić information content (AvgIpc) is 2.93. The van der Waals surface area contributed by atoms with Gasteiger partial charge >= 0.3 is 5.97 Å². The quantitative estimate of drug-likeness (QED) is 0.792. The zero-order chi connectivity index (χ0) is 17.0. The number of amides is 1. The number of benzene rings is 1. The Bertz CT molecular complexity index is 730. The third-order valence-corrected chi connectivity index (χ3v) is 4.94. The van der Waals surface area contributed by atoms with E-state index in [4.69, 9.17) is 27.9 Å². The summed E-state index contributed by atoms with van der Waals surface area (Å²) in [7, 11) is 0. The Balaban J connectivity index is 1.88. The number of thiophene rings is 1. The monoisotopic (exact) mass is 371 g/mol. The van der Waals surface area contributed by atoms with E-state index in [1.54, 1.807) is 23.6 Å². The molecule has 7 heteroatoms. The standard InChI is InChI=1S/C16H15Cl2NO3S/c1-9-5-6-23-15(9)16(21)22-8-14(20)19-10(2)11-3-4-12(17)13(18)7-11/h3-7,10H,8H2,1-2H3,(H,19,20)/t10-/m1/s1. The van der Waals surface area contributed by atoms with Gasteiger partial charge < -0.3 is 10.1 Å². The van der Waals surface area contributed by atoms with Crippen molar-refractivity contribution in [3.05, 3.63) is 55.7 Å². The highest BCUT2D eigenvalue weighted by molar-refractivity contribution is 7.12. The second kappa shape index (κ2) is 7.81. The van der Waals surface area contributed by atoms with Gasteiger partial charge in [0.1, 0.15) is 4.88 Å². The van der Waals surface area contributed by atoms with Crippen LogP contribution in [0.3, 0.4) is 0 Å². The lowest BCUT2D eigenvalue weighted by Crippen LogP contribution is -2.31. The van der Waals surface area contributed by atoms with Crippen molar-refractivity contribution < 1.29 is 14.3 Å². The summed E-state index contributed by atoms with van der Waals surface area (Å²) < 4.78 is 5.02. The smallest absolute Gasteiger partial charge is 0.349 e. The van der Waals surface area contributed by atoms with Crippen molar-refractivity contribution in [3.8, 4) is 0 Å². The van der Waals surface area contributed by atoms with E-state index in [1.807, 2.05) is 19.9 Å². The highest BCUT2D eigenvalue weighted by atomic mass is 35.5. The summed E-state index contributed by atoms with van der Waals surface area (Å²) in [4.78, 5) is 24.2. The number of carbonyl (C=O) groups excluding carboxylic acids is 2. The predicted octanol–water partition coefficient (Wildman–Crippen LogP) is 4.40. The van der Waals surface area contributed by atoms with Gasteiger partial charge in [0.25, 0.3) is 5.91 Å². The zero-order valence-electron chi connectivity index (χ0n) is 12.6. The molecular formula is C16H15Cl2NO3S. The Hall–Kier alpha value is -1.56. The maximum absolute atomic E-state index is 11.9. The van der Waals surface area contributed by atoms with Gasteiger partial charge in [-0.15, -0.1) is 11.3 Å². The molecule has 1 N–H and O–H groups in total. The van der Waals surface area contributed by atoms with Gasteiger partial charge in [0.15, 0.2) is 6.61 Å². The highest BCUT2D eigenvalue weighted by Crippen LogP contribution is 2.25. The van der Waals surface area contributed by atoms with Crippen LogP contribution in [0.15, 0.2) is 29.6 Å². The van der Waals surface area contributed by atoms with E-state index in [1.165, 1.54) is 11.3 Å². The number of hydrogen-bond donors (Lipinski definition) is 1. The molecule has 2 aromatic rings. The summed E-state index contributed by atoms with van der Waals surface area (Å²) in [5, 5.41) is 5.42. The molecule has 4 nitrogen and oxygen atoms in total. The Morgan fingerprint density at radius 1 is 1.26 bits per heavy atom. The lowest BCUT2D eigenvalue weighted by atomic mass is 10.1. The van der Waals surface area contributed by atoms with Gasteiger partial charge in [0, 0.05) is 0 Å². The first-order valence-electron chi connectivity index (χ1n) is 6.84. The van der Waals surface area contributed by atoms with Crippen molar-refractivity contribution >= 4 is 46.4 Å². The molecule has 23 heavy (non-hydrogen) atoms. The van der Waals surface area contributed by atoms with E-state index in [9.17, 15) is 9.59 Å². The maximum atomic E-state index is 11.9. The summed E-state index contributed by atoms with van der Waals surface area (Å²) >= 11 is 13.1. The minimum Gasteiger partial charge on any atom is -0.451 e. The predicted molar refractivity (Wildman–Crippen MR) is 92.4 cm³/mol. The van der Waals surface area contributed by atoms with Crippen LogP contribution in [0.1, 0.15) is 33.8 Å². The van der Waals surface area contributed by atoms with Crippen LogP contribution in [-0.4, -0.2) is 18.5 Å². The summed E-state index contributed by atoms with van der Waals surface area (Å²) in [6.45, 7) is 3.30. The minimum atomic E-state index is -0.491. The van der Waals surface area contributed by atoms with Crippen LogP contribution >= 0.6 is 34.5 Å². The van der Waals surface area contributed by atoms with Gasteiger partial charge in [-0.1, -0.05) is 29.3 Å². The molecule has 122 valence electrons. The first-order chi connectivity index (χ1) is 10.9. The van der Waals surface area contributed by atoms with E-state index in [-0.39, 0.29) is 18.6 Å². The van der Waals surface area contributed by atoms with Crippen molar-refractivity contribution in [3.63, 3.8) is 0 Å². The molecule has 0 radical (unpaired) electrons. The van der Waals surface area contributed by atoms with Crippen LogP contribution in [0.2, 0.25) is 10.0 Å². The molecule has 0 aliphatic heterocycles. The first kappa shape index (κ1) is 17.8. The second-order valence-corrected chi connectivity index (χ2v) is 6.70. The Kier molecular flexibility index (Phi) is 6.04. The van der Waals surface area contributed by atoms with Crippen LogP contribution in [-0.2, 0) is 9.53 Å². The largest absolute Gasteiger partial charge is 0.451 e. The molecule has 1 atom stereocenters. The van der Waals surface area contributed by atoms with E-state index >= 15 is 0 Å². The molecular weight excluding hydrogens is 357 g/mol. The lowest BCUT2D eigenvalue weighted by molar-refractivity contribution is -0.124. The molecule has 0 saturated carbocycles. The highest BCUT2D eigenvalue weighted by Gasteiger charge is 2.16. The molecule has 0 saturated heterocycles. The van der Waals surface area contributed by atoms with E-state index < -0.39 is 5.97 Å². The molecule has 0 fully saturated rings. The zero-order valence-corrected chi connectivity index (χ0v) is 14.9. The van der Waals surface area contributed by atoms with Crippen LogP contribution in [0, 0.1) is 6.92 Å². The number of carbonyl (C=O) groups is 2. The normalized spacial score (nSPS) is 11.8. The van der Waals surface area contributed by atoms with Crippen molar-refractivity contribution in [2.24, 2.45) is 0 Å². The Morgan fingerprint density at radius 2 is 2.00 bits per heavy atom. The number of nitrogens with one attached hydrogen (secondary N) is 1. The molecule has 0 aliphatic rings. The van der Waals surface area contributed by atoms with Gasteiger partial charge in [0.2, 0.25) is 0 Å². The molecule has 1 aromatic carbocycles. The van der Waals surface area contributed by atoms with Gasteiger partial charge in [-0.2, -0.15) is 0 Å². The lowest BCUT2D eigenvalue weighted by Gasteiger charge is -2.15.